The summed E-state index contributed by atoms with van der Waals surface area (Å²) in [5.74, 6) is 0.521. The van der Waals surface area contributed by atoms with Gasteiger partial charge in [-0.3, -0.25) is 4.79 Å². The summed E-state index contributed by atoms with van der Waals surface area (Å²) in [6.07, 6.45) is 3.78. The summed E-state index contributed by atoms with van der Waals surface area (Å²) in [4.78, 5) is 16.4. The van der Waals surface area contributed by atoms with Crippen molar-refractivity contribution in [2.45, 2.75) is 45.6 Å². The Balaban J connectivity index is 1.98. The van der Waals surface area contributed by atoms with Crippen LogP contribution in [0.5, 0.6) is 0 Å². The van der Waals surface area contributed by atoms with E-state index in [4.69, 9.17) is 4.42 Å². The number of hydrogen-bond acceptors (Lipinski definition) is 3. The molecule has 0 spiro atoms. The Morgan fingerprint density at radius 1 is 1.29 bits per heavy atom. The third-order valence-corrected chi connectivity index (χ3v) is 3.27. The summed E-state index contributed by atoms with van der Waals surface area (Å²) in [6.45, 7) is 6.18. The number of amides is 1. The van der Waals surface area contributed by atoms with Crippen LogP contribution in [0.4, 0.5) is 0 Å². The molecule has 0 aliphatic heterocycles. The highest BCUT2D eigenvalue weighted by Gasteiger charge is 2.20. The molecule has 2 rings (SSSR count). The van der Waals surface area contributed by atoms with E-state index in [0.29, 0.717) is 11.6 Å². The van der Waals surface area contributed by atoms with Gasteiger partial charge in [-0.05, 0) is 32.4 Å². The number of rotatable bonds is 6. The Morgan fingerprint density at radius 2 is 2.00 bits per heavy atom. The molecule has 1 aromatic heterocycles. The second-order valence-corrected chi connectivity index (χ2v) is 5.87. The van der Waals surface area contributed by atoms with Crippen LogP contribution in [-0.4, -0.2) is 16.4 Å². The van der Waals surface area contributed by atoms with Crippen molar-refractivity contribution < 1.29 is 9.21 Å². The van der Waals surface area contributed by atoms with Crippen molar-refractivity contribution in [3.8, 4) is 11.5 Å². The zero-order chi connectivity index (χ0) is 15.3. The van der Waals surface area contributed by atoms with E-state index < -0.39 is 0 Å². The van der Waals surface area contributed by atoms with Crippen LogP contribution >= 0.6 is 0 Å². The van der Waals surface area contributed by atoms with Crippen molar-refractivity contribution in [3.63, 3.8) is 0 Å². The third kappa shape index (κ3) is 4.45. The largest absolute Gasteiger partial charge is 0.444 e. The number of hydrogen-bond donors (Lipinski definition) is 1. The zero-order valence-electron chi connectivity index (χ0n) is 12.8. The van der Waals surface area contributed by atoms with Crippen molar-refractivity contribution in [2.75, 3.05) is 0 Å². The lowest BCUT2D eigenvalue weighted by Crippen LogP contribution is -2.43. The van der Waals surface area contributed by atoms with E-state index in [1.165, 1.54) is 0 Å². The fourth-order valence-corrected chi connectivity index (χ4v) is 2.38. The van der Waals surface area contributed by atoms with Crippen molar-refractivity contribution >= 4 is 5.91 Å². The first-order chi connectivity index (χ1) is 10.00. The van der Waals surface area contributed by atoms with Gasteiger partial charge in [-0.15, -0.1) is 0 Å². The smallest absolute Gasteiger partial charge is 0.226 e. The fourth-order valence-electron chi connectivity index (χ4n) is 2.38. The average molecular weight is 286 g/mol. The minimum absolute atomic E-state index is 0.0265. The molecule has 2 aromatic rings. The van der Waals surface area contributed by atoms with Gasteiger partial charge in [0.25, 0.3) is 0 Å². The molecule has 0 fully saturated rings. The van der Waals surface area contributed by atoms with Crippen molar-refractivity contribution in [3.05, 3.63) is 42.3 Å². The molecule has 21 heavy (non-hydrogen) atoms. The van der Waals surface area contributed by atoms with Gasteiger partial charge in [-0.25, -0.2) is 4.98 Å². The highest BCUT2D eigenvalue weighted by atomic mass is 16.3. The molecule has 1 aromatic carbocycles. The minimum atomic E-state index is -0.183. The third-order valence-electron chi connectivity index (χ3n) is 3.27. The summed E-state index contributed by atoms with van der Waals surface area (Å²) < 4.78 is 5.44. The molecule has 0 unspecified atom stereocenters. The van der Waals surface area contributed by atoms with Crippen molar-refractivity contribution in [2.24, 2.45) is 0 Å². The van der Waals surface area contributed by atoms with Crippen LogP contribution in [0.2, 0.25) is 0 Å². The Morgan fingerprint density at radius 3 is 2.67 bits per heavy atom. The highest BCUT2D eigenvalue weighted by molar-refractivity contribution is 5.78. The Labute approximate surface area is 125 Å². The molecule has 1 heterocycles. The molecule has 0 atom stereocenters. The second-order valence-electron chi connectivity index (χ2n) is 5.87. The van der Waals surface area contributed by atoms with Crippen LogP contribution in [0.1, 0.15) is 39.3 Å². The number of carbonyl (C=O) groups excluding carboxylic acids is 1. The lowest BCUT2D eigenvalue weighted by atomic mass is 9.99. The number of oxazole rings is 1. The maximum absolute atomic E-state index is 12.1. The van der Waals surface area contributed by atoms with E-state index in [9.17, 15) is 4.79 Å². The van der Waals surface area contributed by atoms with Crippen LogP contribution < -0.4 is 5.32 Å². The number of nitrogens with one attached hydrogen (secondary N) is 1. The number of carbonyl (C=O) groups is 1. The Bertz CT molecular complexity index is 588. The molecular formula is C17H22N2O2. The molecule has 1 N–H and O–H groups in total. The van der Waals surface area contributed by atoms with Gasteiger partial charge < -0.3 is 9.73 Å². The second kappa shape index (κ2) is 6.57. The van der Waals surface area contributed by atoms with E-state index in [1.807, 2.05) is 44.2 Å². The topological polar surface area (TPSA) is 55.1 Å². The number of benzene rings is 1. The van der Waals surface area contributed by atoms with Gasteiger partial charge in [0, 0.05) is 11.1 Å². The van der Waals surface area contributed by atoms with Gasteiger partial charge in [0.15, 0.2) is 0 Å². The summed E-state index contributed by atoms with van der Waals surface area (Å²) in [5.41, 5.74) is 1.38. The molecule has 0 radical (unpaired) electrons. The van der Waals surface area contributed by atoms with Gasteiger partial charge in [0.2, 0.25) is 11.8 Å². The van der Waals surface area contributed by atoms with E-state index in [0.717, 1.165) is 18.4 Å². The summed E-state index contributed by atoms with van der Waals surface area (Å²) in [6, 6.07) is 9.66. The molecule has 0 aliphatic rings. The van der Waals surface area contributed by atoms with Gasteiger partial charge in [0.1, 0.15) is 6.26 Å². The predicted molar refractivity (Wildman–Crippen MR) is 82.8 cm³/mol. The van der Waals surface area contributed by atoms with Crippen LogP contribution in [-0.2, 0) is 11.2 Å². The first-order valence-electron chi connectivity index (χ1n) is 7.31. The average Bonchev–Trinajstić information content (AvgIpc) is 2.87. The first kappa shape index (κ1) is 15.3. The standard InChI is InChI=1S/C17H22N2O2/c1-4-10-17(2,3)19-15(20)11-14-12-21-16(18-14)13-8-6-5-7-9-13/h5-9,12H,4,10-11H2,1-3H3,(H,19,20). The van der Waals surface area contributed by atoms with E-state index in [2.05, 4.69) is 17.2 Å². The Hall–Kier alpha value is -2.10. The van der Waals surface area contributed by atoms with Crippen LogP contribution in [0.15, 0.2) is 41.0 Å². The molecule has 0 bridgehead atoms. The monoisotopic (exact) mass is 286 g/mol. The van der Waals surface area contributed by atoms with Gasteiger partial charge >= 0.3 is 0 Å². The van der Waals surface area contributed by atoms with Crippen LogP contribution in [0, 0.1) is 0 Å². The molecule has 0 saturated heterocycles. The van der Waals surface area contributed by atoms with Gasteiger partial charge in [-0.1, -0.05) is 31.5 Å². The maximum Gasteiger partial charge on any atom is 0.226 e. The van der Waals surface area contributed by atoms with Crippen molar-refractivity contribution in [1.82, 2.24) is 10.3 Å². The van der Waals surface area contributed by atoms with Gasteiger partial charge in [0.05, 0.1) is 12.1 Å². The lowest BCUT2D eigenvalue weighted by Gasteiger charge is -2.25. The SMILES string of the molecule is CCCC(C)(C)NC(=O)Cc1coc(-c2ccccc2)n1. The Kier molecular flexibility index (Phi) is 4.78. The lowest BCUT2D eigenvalue weighted by molar-refractivity contribution is -0.122. The van der Waals surface area contributed by atoms with E-state index >= 15 is 0 Å². The zero-order valence-corrected chi connectivity index (χ0v) is 12.8. The molecule has 112 valence electrons. The summed E-state index contributed by atoms with van der Waals surface area (Å²) in [7, 11) is 0. The highest BCUT2D eigenvalue weighted by Crippen LogP contribution is 2.18. The van der Waals surface area contributed by atoms with Gasteiger partial charge in [-0.2, -0.15) is 0 Å². The van der Waals surface area contributed by atoms with Crippen LogP contribution in [0.3, 0.4) is 0 Å². The minimum Gasteiger partial charge on any atom is -0.444 e. The van der Waals surface area contributed by atoms with Crippen LogP contribution in [0.25, 0.3) is 11.5 Å². The first-order valence-corrected chi connectivity index (χ1v) is 7.31. The summed E-state index contributed by atoms with van der Waals surface area (Å²) in [5, 5.41) is 3.03. The normalized spacial score (nSPS) is 11.4. The quantitative estimate of drug-likeness (QED) is 0.883. The summed E-state index contributed by atoms with van der Waals surface area (Å²) >= 11 is 0. The van der Waals surface area contributed by atoms with E-state index in [1.54, 1.807) is 6.26 Å². The molecule has 1 amide bonds. The molecule has 0 saturated carbocycles. The molecule has 0 aliphatic carbocycles. The maximum atomic E-state index is 12.1. The number of nitrogens with zero attached hydrogens (tertiary/aromatic N) is 1. The van der Waals surface area contributed by atoms with Crippen molar-refractivity contribution in [1.29, 1.82) is 0 Å². The number of aromatic nitrogens is 1. The molecule has 4 heteroatoms. The molecular weight excluding hydrogens is 264 g/mol. The fraction of sp³-hybridized carbons (Fsp3) is 0.412. The molecule has 4 nitrogen and oxygen atoms in total. The predicted octanol–water partition coefficient (Wildman–Crippen LogP) is 3.58. The van der Waals surface area contributed by atoms with E-state index in [-0.39, 0.29) is 17.9 Å².